The predicted octanol–water partition coefficient (Wildman–Crippen LogP) is 5.82. The minimum Gasteiger partial charge on any atom is -0.469 e. The molecule has 0 bridgehead atoms. The Hall–Kier alpha value is -2.81. The van der Waals surface area contributed by atoms with Crippen LogP contribution in [0, 0.1) is 0 Å². The fraction of sp³-hybridized carbons (Fsp3) is 0.292. The van der Waals surface area contributed by atoms with Crippen LogP contribution in [0.15, 0.2) is 60.7 Å². The molecule has 3 aromatic rings. The van der Waals surface area contributed by atoms with Crippen LogP contribution in [0.25, 0.3) is 21.9 Å². The molecular formula is C24H27NO2. The first-order valence-corrected chi connectivity index (χ1v) is 9.64. The Bertz CT molecular complexity index is 917. The van der Waals surface area contributed by atoms with Crippen LogP contribution in [-0.2, 0) is 16.0 Å². The fourth-order valence-corrected chi connectivity index (χ4v) is 3.25. The third-order valence-corrected chi connectivity index (χ3v) is 4.84. The van der Waals surface area contributed by atoms with Gasteiger partial charge in [0.2, 0.25) is 0 Å². The van der Waals surface area contributed by atoms with E-state index in [0.717, 1.165) is 30.6 Å². The fourth-order valence-electron chi connectivity index (χ4n) is 3.25. The Kier molecular flexibility index (Phi) is 6.48. The molecule has 0 heterocycles. The summed E-state index contributed by atoms with van der Waals surface area (Å²) in [5.74, 6) is -0.174. The average Bonchev–Trinajstić information content (AvgIpc) is 2.72. The van der Waals surface area contributed by atoms with E-state index < -0.39 is 0 Å². The zero-order chi connectivity index (χ0) is 19.1. The van der Waals surface area contributed by atoms with Crippen LogP contribution < -0.4 is 5.32 Å². The van der Waals surface area contributed by atoms with Gasteiger partial charge in [0.15, 0.2) is 0 Å². The Labute approximate surface area is 161 Å². The number of carbonyl (C=O) groups excluding carboxylic acids is 1. The first-order valence-electron chi connectivity index (χ1n) is 9.64. The molecule has 0 aromatic heterocycles. The summed E-state index contributed by atoms with van der Waals surface area (Å²) in [6.45, 7) is 3.15. The minimum atomic E-state index is -0.174. The number of nitrogens with one attached hydrogen (secondary N) is 1. The first kappa shape index (κ1) is 19.0. The molecule has 0 fully saturated rings. The molecule has 0 atom stereocenters. The summed E-state index contributed by atoms with van der Waals surface area (Å²) in [4.78, 5) is 11.5. The molecule has 0 radical (unpaired) electrons. The van der Waals surface area contributed by atoms with Gasteiger partial charge in [-0.15, -0.1) is 0 Å². The topological polar surface area (TPSA) is 38.3 Å². The highest BCUT2D eigenvalue weighted by Gasteiger charge is 2.09. The molecular weight excluding hydrogens is 334 g/mol. The van der Waals surface area contributed by atoms with Crippen molar-refractivity contribution in [2.24, 2.45) is 0 Å². The first-order chi connectivity index (χ1) is 13.2. The van der Waals surface area contributed by atoms with E-state index in [1.165, 1.54) is 29.0 Å². The Morgan fingerprint density at radius 1 is 1.00 bits per heavy atom. The molecule has 0 unspecified atom stereocenters. The smallest absolute Gasteiger partial charge is 0.305 e. The number of hydrogen-bond acceptors (Lipinski definition) is 3. The van der Waals surface area contributed by atoms with Crippen molar-refractivity contribution in [2.75, 3.05) is 19.0 Å². The van der Waals surface area contributed by atoms with Gasteiger partial charge in [-0.05, 0) is 52.9 Å². The van der Waals surface area contributed by atoms with Crippen molar-refractivity contribution < 1.29 is 9.53 Å². The Balaban J connectivity index is 1.95. The number of benzene rings is 3. The van der Waals surface area contributed by atoms with Gasteiger partial charge in [0, 0.05) is 24.2 Å². The van der Waals surface area contributed by atoms with Crippen molar-refractivity contribution in [3.8, 4) is 11.1 Å². The molecule has 0 amide bonds. The normalized spacial score (nSPS) is 10.7. The number of fused-ring (bicyclic) bond motifs is 1. The summed E-state index contributed by atoms with van der Waals surface area (Å²) in [5, 5.41) is 6.04. The predicted molar refractivity (Wildman–Crippen MR) is 113 cm³/mol. The van der Waals surface area contributed by atoms with Crippen molar-refractivity contribution in [3.63, 3.8) is 0 Å². The monoisotopic (exact) mass is 361 g/mol. The number of methoxy groups -OCH3 is 1. The lowest BCUT2D eigenvalue weighted by Gasteiger charge is -2.15. The molecule has 3 nitrogen and oxygen atoms in total. The number of carbonyl (C=O) groups is 1. The molecule has 3 rings (SSSR count). The van der Waals surface area contributed by atoms with E-state index in [0.29, 0.717) is 12.8 Å². The number of esters is 1. The van der Waals surface area contributed by atoms with Crippen molar-refractivity contribution in [1.29, 1.82) is 0 Å². The zero-order valence-electron chi connectivity index (χ0n) is 16.1. The molecule has 0 aliphatic rings. The summed E-state index contributed by atoms with van der Waals surface area (Å²) < 4.78 is 4.77. The summed E-state index contributed by atoms with van der Waals surface area (Å²) in [6.07, 6.45) is 3.38. The van der Waals surface area contributed by atoms with Gasteiger partial charge in [0.25, 0.3) is 0 Å². The molecule has 0 aliphatic heterocycles. The molecule has 0 aliphatic carbocycles. The summed E-state index contributed by atoms with van der Waals surface area (Å²) in [6, 6.07) is 21.4. The molecule has 0 saturated heterocycles. The number of anilines is 1. The quantitative estimate of drug-likeness (QED) is 0.405. The van der Waals surface area contributed by atoms with Gasteiger partial charge in [-0.1, -0.05) is 55.8 Å². The summed E-state index contributed by atoms with van der Waals surface area (Å²) in [5.41, 5.74) is 4.65. The standard InChI is InChI=1S/C24H27NO2/c1-3-4-15-25-23-13-9-18(10-14-24(26)27-2)16-22(23)21-12-11-19-7-5-6-8-20(19)17-21/h5-9,11-13,16-17,25H,3-4,10,14-15H2,1-2H3. The number of unbranched alkanes of at least 4 members (excludes halogenated alkanes) is 1. The van der Waals surface area contributed by atoms with Crippen LogP contribution in [0.1, 0.15) is 31.7 Å². The van der Waals surface area contributed by atoms with Crippen molar-refractivity contribution in [1.82, 2.24) is 0 Å². The SMILES string of the molecule is CCCCNc1ccc(CCC(=O)OC)cc1-c1ccc2ccccc2c1. The molecule has 3 aromatic carbocycles. The van der Waals surface area contributed by atoms with Gasteiger partial charge >= 0.3 is 5.97 Å². The lowest BCUT2D eigenvalue weighted by molar-refractivity contribution is -0.140. The van der Waals surface area contributed by atoms with Crippen LogP contribution in [-0.4, -0.2) is 19.6 Å². The van der Waals surface area contributed by atoms with E-state index in [9.17, 15) is 4.79 Å². The summed E-state index contributed by atoms with van der Waals surface area (Å²) >= 11 is 0. The molecule has 0 saturated carbocycles. The van der Waals surface area contributed by atoms with E-state index in [1.54, 1.807) is 0 Å². The zero-order valence-corrected chi connectivity index (χ0v) is 16.1. The number of hydrogen-bond donors (Lipinski definition) is 1. The van der Waals surface area contributed by atoms with Crippen LogP contribution >= 0.6 is 0 Å². The van der Waals surface area contributed by atoms with Crippen molar-refractivity contribution in [2.45, 2.75) is 32.6 Å². The van der Waals surface area contributed by atoms with E-state index in [2.05, 4.69) is 72.9 Å². The van der Waals surface area contributed by atoms with Crippen LogP contribution in [0.4, 0.5) is 5.69 Å². The van der Waals surface area contributed by atoms with E-state index in [4.69, 9.17) is 4.74 Å². The number of rotatable bonds is 8. The van der Waals surface area contributed by atoms with Gasteiger partial charge in [0.1, 0.15) is 0 Å². The maximum Gasteiger partial charge on any atom is 0.305 e. The lowest BCUT2D eigenvalue weighted by atomic mass is 9.96. The van der Waals surface area contributed by atoms with Gasteiger partial charge in [-0.3, -0.25) is 4.79 Å². The second kappa shape index (κ2) is 9.22. The highest BCUT2D eigenvalue weighted by Crippen LogP contribution is 2.32. The Morgan fingerprint density at radius 2 is 1.81 bits per heavy atom. The van der Waals surface area contributed by atoms with E-state index in [1.807, 2.05) is 0 Å². The van der Waals surface area contributed by atoms with Crippen LogP contribution in [0.2, 0.25) is 0 Å². The van der Waals surface area contributed by atoms with E-state index in [-0.39, 0.29) is 5.97 Å². The summed E-state index contributed by atoms with van der Waals surface area (Å²) in [7, 11) is 1.43. The van der Waals surface area contributed by atoms with Gasteiger partial charge in [-0.2, -0.15) is 0 Å². The Morgan fingerprint density at radius 3 is 2.59 bits per heavy atom. The number of aryl methyl sites for hydroxylation is 1. The molecule has 3 heteroatoms. The van der Waals surface area contributed by atoms with Gasteiger partial charge < -0.3 is 10.1 Å². The maximum atomic E-state index is 11.5. The maximum absolute atomic E-state index is 11.5. The highest BCUT2D eigenvalue weighted by molar-refractivity contribution is 5.90. The minimum absolute atomic E-state index is 0.174. The molecule has 0 spiro atoms. The molecule has 1 N–H and O–H groups in total. The number of ether oxygens (including phenoxy) is 1. The van der Waals surface area contributed by atoms with Gasteiger partial charge in [0.05, 0.1) is 7.11 Å². The van der Waals surface area contributed by atoms with Crippen LogP contribution in [0.5, 0.6) is 0 Å². The average molecular weight is 361 g/mol. The van der Waals surface area contributed by atoms with Crippen LogP contribution in [0.3, 0.4) is 0 Å². The lowest BCUT2D eigenvalue weighted by Crippen LogP contribution is -2.04. The second-order valence-electron chi connectivity index (χ2n) is 6.80. The van der Waals surface area contributed by atoms with Gasteiger partial charge in [-0.25, -0.2) is 0 Å². The molecule has 140 valence electrons. The third kappa shape index (κ3) is 4.88. The third-order valence-electron chi connectivity index (χ3n) is 4.84. The van der Waals surface area contributed by atoms with E-state index >= 15 is 0 Å². The highest BCUT2D eigenvalue weighted by atomic mass is 16.5. The molecule has 27 heavy (non-hydrogen) atoms. The van der Waals surface area contributed by atoms with Crippen molar-refractivity contribution in [3.05, 3.63) is 66.2 Å². The van der Waals surface area contributed by atoms with Crippen molar-refractivity contribution >= 4 is 22.4 Å². The largest absolute Gasteiger partial charge is 0.469 e. The second-order valence-corrected chi connectivity index (χ2v) is 6.80.